The zero-order chi connectivity index (χ0) is 17.2. The number of rotatable bonds is 4. The van der Waals surface area contributed by atoms with Crippen LogP contribution in [0.2, 0.25) is 0 Å². The summed E-state index contributed by atoms with van der Waals surface area (Å²) in [5.74, 6) is 0.743. The van der Waals surface area contributed by atoms with Crippen LogP contribution in [0.15, 0.2) is 36.5 Å². The summed E-state index contributed by atoms with van der Waals surface area (Å²) in [4.78, 5) is 26.1. The molecule has 2 amide bonds. The predicted octanol–water partition coefficient (Wildman–Crippen LogP) is 3.38. The Labute approximate surface area is 146 Å². The predicted molar refractivity (Wildman–Crippen MR) is 95.7 cm³/mol. The van der Waals surface area contributed by atoms with Crippen molar-refractivity contribution in [3.8, 4) is 0 Å². The number of aromatic nitrogens is 2. The van der Waals surface area contributed by atoms with Crippen molar-refractivity contribution in [3.05, 3.63) is 42.1 Å². The summed E-state index contributed by atoms with van der Waals surface area (Å²) in [6, 6.07) is 9.44. The molecule has 0 spiro atoms. The van der Waals surface area contributed by atoms with Gasteiger partial charge < -0.3 is 10.2 Å². The summed E-state index contributed by atoms with van der Waals surface area (Å²) >= 11 is 0. The lowest BCUT2D eigenvalue weighted by atomic mass is 10.2. The molecule has 0 unspecified atom stereocenters. The van der Waals surface area contributed by atoms with E-state index in [2.05, 4.69) is 10.4 Å². The van der Waals surface area contributed by atoms with E-state index in [0.717, 1.165) is 37.3 Å². The van der Waals surface area contributed by atoms with Crippen molar-refractivity contribution in [3.63, 3.8) is 0 Å². The number of hydrogen-bond acceptors (Lipinski definition) is 3. The number of nitrogens with zero attached hydrogens (tertiary/aromatic N) is 3. The Morgan fingerprint density at radius 2 is 1.84 bits per heavy atom. The maximum Gasteiger partial charge on any atom is 0.256 e. The van der Waals surface area contributed by atoms with Crippen LogP contribution in [-0.2, 0) is 4.79 Å². The highest BCUT2D eigenvalue weighted by Gasteiger charge is 2.23. The average molecular weight is 338 g/mol. The molecule has 0 bridgehead atoms. The lowest BCUT2D eigenvalue weighted by Gasteiger charge is -2.16. The van der Waals surface area contributed by atoms with Crippen LogP contribution in [0.3, 0.4) is 0 Å². The number of anilines is 2. The summed E-state index contributed by atoms with van der Waals surface area (Å²) < 4.78 is 1.93. The highest BCUT2D eigenvalue weighted by Crippen LogP contribution is 2.31. The molecule has 6 nitrogen and oxygen atoms in total. The normalized spacial score (nSPS) is 18.1. The van der Waals surface area contributed by atoms with Crippen molar-refractivity contribution in [2.45, 2.75) is 44.6 Å². The Morgan fingerprint density at radius 3 is 2.52 bits per heavy atom. The Kier molecular flexibility index (Phi) is 4.26. The molecular formula is C19H22N4O2. The summed E-state index contributed by atoms with van der Waals surface area (Å²) in [5, 5.41) is 7.34. The van der Waals surface area contributed by atoms with E-state index in [9.17, 15) is 9.59 Å². The molecule has 1 N–H and O–H groups in total. The highest BCUT2D eigenvalue weighted by molar-refractivity contribution is 6.04. The third-order valence-electron chi connectivity index (χ3n) is 5.10. The number of carbonyl (C=O) groups excluding carboxylic acids is 2. The summed E-state index contributed by atoms with van der Waals surface area (Å²) in [5.41, 5.74) is 1.43. The van der Waals surface area contributed by atoms with E-state index in [1.54, 1.807) is 23.2 Å². The second kappa shape index (κ2) is 6.70. The van der Waals surface area contributed by atoms with Gasteiger partial charge in [0.15, 0.2) is 0 Å². The van der Waals surface area contributed by atoms with Crippen molar-refractivity contribution in [1.82, 2.24) is 9.78 Å². The van der Waals surface area contributed by atoms with E-state index in [1.165, 1.54) is 12.8 Å². The molecule has 1 aliphatic heterocycles. The van der Waals surface area contributed by atoms with Gasteiger partial charge >= 0.3 is 0 Å². The van der Waals surface area contributed by atoms with Crippen LogP contribution >= 0.6 is 0 Å². The zero-order valence-electron chi connectivity index (χ0n) is 14.1. The van der Waals surface area contributed by atoms with E-state index in [-0.39, 0.29) is 11.8 Å². The molecule has 1 aromatic carbocycles. The number of carbonyl (C=O) groups is 2. The van der Waals surface area contributed by atoms with E-state index in [4.69, 9.17) is 0 Å². The van der Waals surface area contributed by atoms with E-state index in [1.807, 2.05) is 22.9 Å². The zero-order valence-corrected chi connectivity index (χ0v) is 14.1. The monoisotopic (exact) mass is 338 g/mol. The molecule has 0 atom stereocenters. The maximum absolute atomic E-state index is 12.5. The van der Waals surface area contributed by atoms with Gasteiger partial charge in [-0.3, -0.25) is 9.59 Å². The average Bonchev–Trinajstić information content (AvgIpc) is 3.36. The first-order valence-electron chi connectivity index (χ1n) is 8.98. The van der Waals surface area contributed by atoms with Gasteiger partial charge in [0.25, 0.3) is 5.91 Å². The van der Waals surface area contributed by atoms with Crippen molar-refractivity contribution >= 4 is 23.3 Å². The van der Waals surface area contributed by atoms with Gasteiger partial charge in [0.2, 0.25) is 5.91 Å². The molecule has 25 heavy (non-hydrogen) atoms. The van der Waals surface area contributed by atoms with Crippen LogP contribution in [0.1, 0.15) is 54.9 Å². The van der Waals surface area contributed by atoms with Crippen molar-refractivity contribution in [1.29, 1.82) is 0 Å². The molecule has 1 saturated carbocycles. The van der Waals surface area contributed by atoms with Gasteiger partial charge in [0.1, 0.15) is 5.82 Å². The lowest BCUT2D eigenvalue weighted by Crippen LogP contribution is -2.23. The van der Waals surface area contributed by atoms with Gasteiger partial charge in [-0.2, -0.15) is 5.10 Å². The molecule has 2 aromatic rings. The van der Waals surface area contributed by atoms with Crippen molar-refractivity contribution in [2.24, 2.45) is 0 Å². The minimum atomic E-state index is -0.154. The fourth-order valence-electron chi connectivity index (χ4n) is 3.76. The molecular weight excluding hydrogens is 316 g/mol. The SMILES string of the molecule is O=C(Nc1ccnn1C1CCCC1)c1ccc(N2CCCC2=O)cc1. The Hall–Kier alpha value is -2.63. The summed E-state index contributed by atoms with van der Waals surface area (Å²) in [6.07, 6.45) is 7.89. The molecule has 1 aliphatic carbocycles. The van der Waals surface area contributed by atoms with Crippen molar-refractivity contribution in [2.75, 3.05) is 16.8 Å². The number of nitrogens with one attached hydrogen (secondary N) is 1. The van der Waals surface area contributed by atoms with Gasteiger partial charge in [-0.1, -0.05) is 12.8 Å². The molecule has 2 aliphatic rings. The Bertz CT molecular complexity index is 775. The third-order valence-corrected chi connectivity index (χ3v) is 5.10. The second-order valence-electron chi connectivity index (χ2n) is 6.75. The van der Waals surface area contributed by atoms with Gasteiger partial charge in [0.05, 0.1) is 12.2 Å². The van der Waals surface area contributed by atoms with Gasteiger partial charge in [-0.15, -0.1) is 0 Å². The third kappa shape index (κ3) is 3.16. The first-order chi connectivity index (χ1) is 12.2. The number of benzene rings is 1. The summed E-state index contributed by atoms with van der Waals surface area (Å²) in [7, 11) is 0. The lowest BCUT2D eigenvalue weighted by molar-refractivity contribution is -0.117. The van der Waals surface area contributed by atoms with Gasteiger partial charge in [-0.05, 0) is 43.5 Å². The number of hydrogen-bond donors (Lipinski definition) is 1. The quantitative estimate of drug-likeness (QED) is 0.929. The fourth-order valence-corrected chi connectivity index (χ4v) is 3.76. The fraction of sp³-hybridized carbons (Fsp3) is 0.421. The second-order valence-corrected chi connectivity index (χ2v) is 6.75. The van der Waals surface area contributed by atoms with Crippen LogP contribution in [0, 0.1) is 0 Å². The maximum atomic E-state index is 12.5. The van der Waals surface area contributed by atoms with Crippen LogP contribution in [0.5, 0.6) is 0 Å². The van der Waals surface area contributed by atoms with Gasteiger partial charge in [0, 0.05) is 30.3 Å². The van der Waals surface area contributed by atoms with E-state index >= 15 is 0 Å². The molecule has 2 heterocycles. The molecule has 4 rings (SSSR count). The standard InChI is InChI=1S/C19H22N4O2/c24-18-6-3-13-22(18)15-9-7-14(8-10-15)19(25)21-17-11-12-20-23(17)16-4-1-2-5-16/h7-12,16H,1-6,13H2,(H,21,25). The minimum absolute atomic E-state index is 0.151. The van der Waals surface area contributed by atoms with Crippen LogP contribution in [0.25, 0.3) is 0 Å². The Morgan fingerprint density at radius 1 is 1.08 bits per heavy atom. The molecule has 130 valence electrons. The molecule has 1 aromatic heterocycles. The number of amides is 2. The van der Waals surface area contributed by atoms with E-state index in [0.29, 0.717) is 18.0 Å². The first-order valence-corrected chi connectivity index (χ1v) is 8.98. The van der Waals surface area contributed by atoms with Gasteiger partial charge in [-0.25, -0.2) is 4.68 Å². The first kappa shape index (κ1) is 15.9. The Balaban J connectivity index is 1.46. The van der Waals surface area contributed by atoms with Crippen LogP contribution in [-0.4, -0.2) is 28.1 Å². The van der Waals surface area contributed by atoms with Crippen LogP contribution in [0.4, 0.5) is 11.5 Å². The topological polar surface area (TPSA) is 67.2 Å². The molecule has 0 radical (unpaired) electrons. The van der Waals surface area contributed by atoms with E-state index < -0.39 is 0 Å². The molecule has 6 heteroatoms. The van der Waals surface area contributed by atoms with Crippen molar-refractivity contribution < 1.29 is 9.59 Å². The highest BCUT2D eigenvalue weighted by atomic mass is 16.2. The summed E-state index contributed by atoms with van der Waals surface area (Å²) in [6.45, 7) is 0.755. The molecule has 1 saturated heterocycles. The minimum Gasteiger partial charge on any atom is -0.312 e. The smallest absolute Gasteiger partial charge is 0.256 e. The van der Waals surface area contributed by atoms with Crippen LogP contribution < -0.4 is 10.2 Å². The largest absolute Gasteiger partial charge is 0.312 e. The molecule has 2 fully saturated rings.